The number of aromatic nitrogens is 2. The first-order chi connectivity index (χ1) is 14.4. The Morgan fingerprint density at radius 2 is 1.73 bits per heavy atom. The summed E-state index contributed by atoms with van der Waals surface area (Å²) in [5.41, 5.74) is 3.48. The van der Waals surface area contributed by atoms with Gasteiger partial charge in [-0.25, -0.2) is 4.98 Å². The molecule has 5 heteroatoms. The van der Waals surface area contributed by atoms with Gasteiger partial charge >= 0.3 is 0 Å². The number of fused-ring (bicyclic) bond motifs is 1. The summed E-state index contributed by atoms with van der Waals surface area (Å²) in [5.74, 6) is 1.02. The fourth-order valence-corrected chi connectivity index (χ4v) is 4.03. The molecule has 0 fully saturated rings. The van der Waals surface area contributed by atoms with Crippen LogP contribution in [0.1, 0.15) is 36.7 Å². The van der Waals surface area contributed by atoms with E-state index >= 15 is 0 Å². The topological polar surface area (TPSA) is 34.9 Å². The molecule has 0 radical (unpaired) electrons. The minimum atomic E-state index is -0.138. The number of hydrogen-bond donors (Lipinski definition) is 0. The lowest BCUT2D eigenvalue weighted by Crippen LogP contribution is -2.22. The SMILES string of the molecule is CC(C)c1ccc(/C=C/c2nc3ccc(I)cc3c(=O)n2-c2ccccc2Cl)cc1. The van der Waals surface area contributed by atoms with Crippen molar-refractivity contribution < 1.29 is 0 Å². The number of hydrogen-bond acceptors (Lipinski definition) is 2. The maximum Gasteiger partial charge on any atom is 0.266 e. The van der Waals surface area contributed by atoms with E-state index in [1.807, 2.05) is 48.6 Å². The lowest BCUT2D eigenvalue weighted by atomic mass is 10.0. The van der Waals surface area contributed by atoms with Gasteiger partial charge in [-0.15, -0.1) is 0 Å². The van der Waals surface area contributed by atoms with Crippen LogP contribution in [-0.2, 0) is 0 Å². The van der Waals surface area contributed by atoms with Gasteiger partial charge in [0, 0.05) is 3.57 Å². The van der Waals surface area contributed by atoms with E-state index in [0.29, 0.717) is 33.4 Å². The second kappa shape index (κ2) is 8.74. The molecule has 3 nitrogen and oxygen atoms in total. The van der Waals surface area contributed by atoms with Crippen molar-refractivity contribution in [2.24, 2.45) is 0 Å². The molecule has 1 aromatic heterocycles. The van der Waals surface area contributed by atoms with Crippen LogP contribution < -0.4 is 5.56 Å². The first-order valence-electron chi connectivity index (χ1n) is 9.69. The van der Waals surface area contributed by atoms with Gasteiger partial charge in [-0.1, -0.05) is 67.9 Å². The molecule has 3 aromatic carbocycles. The molecule has 0 unspecified atom stereocenters. The number of rotatable bonds is 4. The van der Waals surface area contributed by atoms with Crippen LogP contribution in [0.4, 0.5) is 0 Å². The van der Waals surface area contributed by atoms with Gasteiger partial charge in [0.1, 0.15) is 5.82 Å². The lowest BCUT2D eigenvalue weighted by Gasteiger charge is -2.13. The molecule has 30 heavy (non-hydrogen) atoms. The molecule has 1 heterocycles. The average molecular weight is 527 g/mol. The molecular formula is C25H20ClIN2O. The number of benzene rings is 3. The lowest BCUT2D eigenvalue weighted by molar-refractivity contribution is 0.866. The van der Waals surface area contributed by atoms with E-state index in [1.165, 1.54) is 5.56 Å². The zero-order chi connectivity index (χ0) is 21.3. The summed E-state index contributed by atoms with van der Waals surface area (Å²) in [6, 6.07) is 21.4. The summed E-state index contributed by atoms with van der Waals surface area (Å²) in [5, 5.41) is 1.07. The Hall–Kier alpha value is -2.44. The molecule has 0 spiro atoms. The number of nitrogens with zero attached hydrogens (tertiary/aromatic N) is 2. The van der Waals surface area contributed by atoms with Crippen LogP contribution in [-0.4, -0.2) is 9.55 Å². The van der Waals surface area contributed by atoms with Gasteiger partial charge in [-0.05, 0) is 76.0 Å². The van der Waals surface area contributed by atoms with E-state index in [1.54, 1.807) is 10.6 Å². The predicted octanol–water partition coefficient (Wildman–Crippen LogP) is 6.94. The van der Waals surface area contributed by atoms with E-state index in [-0.39, 0.29) is 5.56 Å². The summed E-state index contributed by atoms with van der Waals surface area (Å²) in [7, 11) is 0. The Morgan fingerprint density at radius 3 is 2.43 bits per heavy atom. The second-order valence-electron chi connectivity index (χ2n) is 7.38. The zero-order valence-electron chi connectivity index (χ0n) is 16.6. The molecule has 0 atom stereocenters. The third-order valence-electron chi connectivity index (χ3n) is 4.98. The summed E-state index contributed by atoms with van der Waals surface area (Å²) < 4.78 is 2.57. The quantitative estimate of drug-likeness (QED) is 0.270. The highest BCUT2D eigenvalue weighted by molar-refractivity contribution is 14.1. The van der Waals surface area contributed by atoms with Gasteiger partial charge in [0.2, 0.25) is 0 Å². The van der Waals surface area contributed by atoms with Crippen LogP contribution >= 0.6 is 34.2 Å². The molecule has 0 N–H and O–H groups in total. The summed E-state index contributed by atoms with van der Waals surface area (Å²) in [6.45, 7) is 4.35. The summed E-state index contributed by atoms with van der Waals surface area (Å²) in [4.78, 5) is 18.2. The Morgan fingerprint density at radius 1 is 1.00 bits per heavy atom. The highest BCUT2D eigenvalue weighted by Gasteiger charge is 2.13. The van der Waals surface area contributed by atoms with E-state index in [2.05, 4.69) is 60.7 Å². The molecule has 0 bridgehead atoms. The van der Waals surface area contributed by atoms with Crippen molar-refractivity contribution in [3.05, 3.63) is 103 Å². The molecular weight excluding hydrogens is 507 g/mol. The standard InChI is InChI=1S/C25H20ClIN2O/c1-16(2)18-10-7-17(8-11-18)9-14-24-28-22-13-12-19(27)15-20(22)25(30)29(24)23-6-4-3-5-21(23)26/h3-16H,1-2H3/b14-9+. The minimum absolute atomic E-state index is 0.138. The highest BCUT2D eigenvalue weighted by atomic mass is 127. The van der Waals surface area contributed by atoms with Crippen LogP contribution in [0.5, 0.6) is 0 Å². The molecule has 0 saturated carbocycles. The Balaban J connectivity index is 1.89. The molecule has 0 aliphatic heterocycles. The molecule has 0 saturated heterocycles. The van der Waals surface area contributed by atoms with E-state index < -0.39 is 0 Å². The number of halogens is 2. The van der Waals surface area contributed by atoms with Crippen LogP contribution in [0.3, 0.4) is 0 Å². The fraction of sp³-hybridized carbons (Fsp3) is 0.120. The third-order valence-corrected chi connectivity index (χ3v) is 5.97. The monoisotopic (exact) mass is 526 g/mol. The van der Waals surface area contributed by atoms with Crippen LogP contribution in [0, 0.1) is 3.57 Å². The molecule has 0 aliphatic carbocycles. The van der Waals surface area contributed by atoms with Crippen molar-refractivity contribution in [3.63, 3.8) is 0 Å². The maximum absolute atomic E-state index is 13.4. The van der Waals surface area contributed by atoms with E-state index in [9.17, 15) is 4.79 Å². The summed E-state index contributed by atoms with van der Waals surface area (Å²) in [6.07, 6.45) is 3.84. The highest BCUT2D eigenvalue weighted by Crippen LogP contribution is 2.23. The molecule has 0 aliphatic rings. The van der Waals surface area contributed by atoms with Crippen molar-refractivity contribution in [1.82, 2.24) is 9.55 Å². The van der Waals surface area contributed by atoms with Crippen molar-refractivity contribution >= 4 is 57.2 Å². The normalized spacial score (nSPS) is 11.6. The molecule has 150 valence electrons. The zero-order valence-corrected chi connectivity index (χ0v) is 19.6. The van der Waals surface area contributed by atoms with Crippen LogP contribution in [0.25, 0.3) is 28.7 Å². The van der Waals surface area contributed by atoms with Crippen LogP contribution in [0.2, 0.25) is 5.02 Å². The van der Waals surface area contributed by atoms with Crippen LogP contribution in [0.15, 0.2) is 71.5 Å². The second-order valence-corrected chi connectivity index (χ2v) is 9.03. The Bertz CT molecular complexity index is 1310. The Labute approximate surface area is 194 Å². The molecule has 0 amide bonds. The van der Waals surface area contributed by atoms with E-state index in [4.69, 9.17) is 16.6 Å². The largest absolute Gasteiger partial charge is 0.268 e. The van der Waals surface area contributed by atoms with Crippen molar-refractivity contribution in [2.75, 3.05) is 0 Å². The van der Waals surface area contributed by atoms with Crippen molar-refractivity contribution in [1.29, 1.82) is 0 Å². The van der Waals surface area contributed by atoms with Crippen molar-refractivity contribution in [3.8, 4) is 5.69 Å². The number of para-hydroxylation sites is 1. The van der Waals surface area contributed by atoms with Gasteiger partial charge in [0.25, 0.3) is 5.56 Å². The first-order valence-corrected chi connectivity index (χ1v) is 11.1. The first kappa shape index (κ1) is 20.8. The fourth-order valence-electron chi connectivity index (χ4n) is 3.32. The van der Waals surface area contributed by atoms with Crippen molar-refractivity contribution in [2.45, 2.75) is 19.8 Å². The molecule has 4 rings (SSSR count). The maximum atomic E-state index is 13.4. The van der Waals surface area contributed by atoms with Gasteiger partial charge in [-0.2, -0.15) is 0 Å². The average Bonchev–Trinajstić information content (AvgIpc) is 2.74. The van der Waals surface area contributed by atoms with Gasteiger partial charge in [0.05, 0.1) is 21.6 Å². The smallest absolute Gasteiger partial charge is 0.266 e. The van der Waals surface area contributed by atoms with Gasteiger partial charge in [-0.3, -0.25) is 9.36 Å². The Kier molecular flexibility index (Phi) is 6.06. The third kappa shape index (κ3) is 4.20. The van der Waals surface area contributed by atoms with E-state index in [0.717, 1.165) is 9.13 Å². The summed E-state index contributed by atoms with van der Waals surface area (Å²) >= 11 is 8.64. The molecule has 4 aromatic rings. The minimum Gasteiger partial charge on any atom is -0.268 e. The van der Waals surface area contributed by atoms with Gasteiger partial charge in [0.15, 0.2) is 0 Å². The van der Waals surface area contributed by atoms with Gasteiger partial charge < -0.3 is 0 Å². The predicted molar refractivity (Wildman–Crippen MR) is 135 cm³/mol.